The van der Waals surface area contributed by atoms with E-state index in [-0.39, 0.29) is 17.9 Å². The van der Waals surface area contributed by atoms with Crippen LogP contribution in [0, 0.1) is 0 Å². The summed E-state index contributed by atoms with van der Waals surface area (Å²) in [6.07, 6.45) is 0.154. The van der Waals surface area contributed by atoms with Crippen molar-refractivity contribution in [2.45, 2.75) is 23.9 Å². The second-order valence-electron chi connectivity index (χ2n) is 7.64. The van der Waals surface area contributed by atoms with Crippen molar-refractivity contribution in [1.82, 2.24) is 19.8 Å². The largest absolute Gasteiger partial charge is 0.340 e. The Labute approximate surface area is 186 Å². The predicted molar refractivity (Wildman–Crippen MR) is 123 cm³/mol. The average molecular weight is 435 g/mol. The zero-order valence-electron chi connectivity index (χ0n) is 17.4. The third kappa shape index (κ3) is 6.29. The summed E-state index contributed by atoms with van der Waals surface area (Å²) in [6.45, 7) is 4.00. The van der Waals surface area contributed by atoms with Crippen LogP contribution in [0.4, 0.5) is 0 Å². The Kier molecular flexibility index (Phi) is 7.17. The highest BCUT2D eigenvalue weighted by atomic mass is 32.2. The van der Waals surface area contributed by atoms with Gasteiger partial charge in [-0.2, -0.15) is 0 Å². The summed E-state index contributed by atoms with van der Waals surface area (Å²) in [4.78, 5) is 36.3. The summed E-state index contributed by atoms with van der Waals surface area (Å²) < 4.78 is 0. The molecule has 0 spiro atoms. The summed E-state index contributed by atoms with van der Waals surface area (Å²) >= 11 is 1.47. The Morgan fingerprint density at radius 3 is 2.26 bits per heavy atom. The molecule has 7 heteroatoms. The molecule has 160 valence electrons. The lowest BCUT2D eigenvalue weighted by molar-refractivity contribution is -0.132. The van der Waals surface area contributed by atoms with Gasteiger partial charge in [0.15, 0.2) is 5.16 Å². The minimum absolute atomic E-state index is 0.0245. The highest BCUT2D eigenvalue weighted by Gasteiger charge is 2.22. The van der Waals surface area contributed by atoms with Crippen LogP contribution in [0.5, 0.6) is 0 Å². The van der Waals surface area contributed by atoms with Crippen molar-refractivity contribution >= 4 is 17.7 Å². The monoisotopic (exact) mass is 434 g/mol. The van der Waals surface area contributed by atoms with Crippen molar-refractivity contribution in [2.24, 2.45) is 0 Å². The van der Waals surface area contributed by atoms with E-state index < -0.39 is 0 Å². The van der Waals surface area contributed by atoms with E-state index in [2.05, 4.69) is 39.1 Å². The second-order valence-corrected chi connectivity index (χ2v) is 8.60. The van der Waals surface area contributed by atoms with E-state index in [1.165, 1.54) is 23.4 Å². The molecule has 0 unspecified atom stereocenters. The number of benzene rings is 2. The van der Waals surface area contributed by atoms with Crippen LogP contribution in [-0.4, -0.2) is 51.9 Å². The average Bonchev–Trinajstić information content (AvgIpc) is 2.79. The summed E-state index contributed by atoms with van der Waals surface area (Å²) in [7, 11) is 0. The van der Waals surface area contributed by atoms with Crippen LogP contribution in [0.1, 0.15) is 16.8 Å². The zero-order valence-corrected chi connectivity index (χ0v) is 18.2. The van der Waals surface area contributed by atoms with Crippen LogP contribution < -0.4 is 5.56 Å². The van der Waals surface area contributed by atoms with Gasteiger partial charge in [0.2, 0.25) is 5.91 Å². The van der Waals surface area contributed by atoms with Gasteiger partial charge in [-0.1, -0.05) is 72.4 Å². The molecule has 0 aliphatic carbocycles. The molecular formula is C24H26N4O2S. The number of amides is 1. The minimum atomic E-state index is -0.221. The molecule has 0 saturated carbocycles. The number of H-pyrrole nitrogens is 1. The molecule has 0 bridgehead atoms. The van der Waals surface area contributed by atoms with Crippen molar-refractivity contribution in [1.29, 1.82) is 0 Å². The fraction of sp³-hybridized carbons (Fsp3) is 0.292. The van der Waals surface area contributed by atoms with Crippen LogP contribution in [0.2, 0.25) is 0 Å². The molecule has 6 nitrogen and oxygen atoms in total. The van der Waals surface area contributed by atoms with E-state index in [1.807, 2.05) is 41.3 Å². The van der Waals surface area contributed by atoms with Crippen LogP contribution in [-0.2, 0) is 23.5 Å². The molecule has 1 amide bonds. The molecule has 1 saturated heterocycles. The number of piperazine rings is 1. The quantitative estimate of drug-likeness (QED) is 0.457. The van der Waals surface area contributed by atoms with Crippen LogP contribution in [0.25, 0.3) is 0 Å². The summed E-state index contributed by atoms with van der Waals surface area (Å²) in [5, 5.41) is 0.548. The Balaban J connectivity index is 1.30. The maximum atomic E-state index is 12.8. The first kappa shape index (κ1) is 21.3. The predicted octanol–water partition coefficient (Wildman–Crippen LogP) is 2.95. The SMILES string of the molecule is O=C(Cc1cc(=O)[nH]c(SCc2ccccc2)n1)N1CCN(Cc2ccccc2)CC1. The smallest absolute Gasteiger partial charge is 0.251 e. The lowest BCUT2D eigenvalue weighted by Gasteiger charge is -2.34. The normalized spacial score (nSPS) is 14.5. The molecule has 1 N–H and O–H groups in total. The van der Waals surface area contributed by atoms with E-state index in [0.29, 0.717) is 29.7 Å². The van der Waals surface area contributed by atoms with Gasteiger partial charge in [0.05, 0.1) is 12.1 Å². The molecule has 31 heavy (non-hydrogen) atoms. The van der Waals surface area contributed by atoms with Crippen molar-refractivity contribution in [3.8, 4) is 0 Å². The Hall–Kier alpha value is -2.90. The summed E-state index contributed by atoms with van der Waals surface area (Å²) in [5.74, 6) is 0.737. The Bertz CT molecular complexity index is 1050. The van der Waals surface area contributed by atoms with Crippen LogP contribution in [0.3, 0.4) is 0 Å². The molecule has 4 rings (SSSR count). The maximum Gasteiger partial charge on any atom is 0.251 e. The van der Waals surface area contributed by atoms with Gasteiger partial charge >= 0.3 is 0 Å². The molecule has 1 aliphatic rings. The number of nitrogens with zero attached hydrogens (tertiary/aromatic N) is 3. The van der Waals surface area contributed by atoms with E-state index in [4.69, 9.17) is 0 Å². The lowest BCUT2D eigenvalue weighted by Crippen LogP contribution is -2.48. The van der Waals surface area contributed by atoms with Gasteiger partial charge < -0.3 is 9.88 Å². The van der Waals surface area contributed by atoms with E-state index in [0.717, 1.165) is 25.2 Å². The first-order chi connectivity index (χ1) is 15.2. The number of hydrogen-bond acceptors (Lipinski definition) is 5. The molecule has 2 heterocycles. The molecule has 0 radical (unpaired) electrons. The molecule has 1 aliphatic heterocycles. The number of aromatic amines is 1. The van der Waals surface area contributed by atoms with Crippen LogP contribution in [0.15, 0.2) is 76.7 Å². The summed E-state index contributed by atoms with van der Waals surface area (Å²) in [5.41, 5.74) is 2.75. The van der Waals surface area contributed by atoms with Gasteiger partial charge in [-0.05, 0) is 11.1 Å². The number of rotatable bonds is 7. The van der Waals surface area contributed by atoms with Crippen molar-refractivity contribution in [2.75, 3.05) is 26.2 Å². The molecule has 0 atom stereocenters. The fourth-order valence-electron chi connectivity index (χ4n) is 3.63. The topological polar surface area (TPSA) is 69.3 Å². The number of nitrogens with one attached hydrogen (secondary N) is 1. The van der Waals surface area contributed by atoms with E-state index >= 15 is 0 Å². The minimum Gasteiger partial charge on any atom is -0.340 e. The third-order valence-electron chi connectivity index (χ3n) is 5.30. The van der Waals surface area contributed by atoms with Gasteiger partial charge in [0.1, 0.15) is 0 Å². The summed E-state index contributed by atoms with van der Waals surface area (Å²) in [6, 6.07) is 21.8. The number of carbonyl (C=O) groups is 1. The number of aromatic nitrogens is 2. The molecule has 2 aromatic carbocycles. The molecule has 3 aromatic rings. The highest BCUT2D eigenvalue weighted by Crippen LogP contribution is 2.18. The van der Waals surface area contributed by atoms with Gasteiger partial charge in [-0.15, -0.1) is 0 Å². The maximum absolute atomic E-state index is 12.8. The number of carbonyl (C=O) groups excluding carboxylic acids is 1. The first-order valence-electron chi connectivity index (χ1n) is 10.5. The van der Waals surface area contributed by atoms with Crippen molar-refractivity contribution in [3.63, 3.8) is 0 Å². The Morgan fingerprint density at radius 1 is 0.935 bits per heavy atom. The second kappa shape index (κ2) is 10.4. The molecule has 1 aromatic heterocycles. The van der Waals surface area contributed by atoms with Crippen LogP contribution >= 0.6 is 11.8 Å². The highest BCUT2D eigenvalue weighted by molar-refractivity contribution is 7.98. The van der Waals surface area contributed by atoms with E-state index in [1.54, 1.807) is 0 Å². The number of hydrogen-bond donors (Lipinski definition) is 1. The zero-order chi connectivity index (χ0) is 21.5. The fourth-order valence-corrected chi connectivity index (χ4v) is 4.48. The van der Waals surface area contributed by atoms with Gasteiger partial charge in [0, 0.05) is 44.5 Å². The van der Waals surface area contributed by atoms with Crippen molar-refractivity contribution < 1.29 is 4.79 Å². The molecule has 1 fully saturated rings. The number of thioether (sulfide) groups is 1. The standard InChI is InChI=1S/C24H26N4O2S/c29-22-15-21(25-24(26-22)31-18-20-9-5-2-6-10-20)16-23(30)28-13-11-27(12-14-28)17-19-7-3-1-4-8-19/h1-10,15H,11-14,16-18H2,(H,25,26,29). The Morgan fingerprint density at radius 2 is 1.58 bits per heavy atom. The molecular weight excluding hydrogens is 408 g/mol. The van der Waals surface area contributed by atoms with Gasteiger partial charge in [-0.3, -0.25) is 14.5 Å². The lowest BCUT2D eigenvalue weighted by atomic mass is 10.2. The first-order valence-corrected chi connectivity index (χ1v) is 11.5. The van der Waals surface area contributed by atoms with Gasteiger partial charge in [0.25, 0.3) is 5.56 Å². The van der Waals surface area contributed by atoms with Gasteiger partial charge in [-0.25, -0.2) is 4.98 Å². The van der Waals surface area contributed by atoms with Crippen molar-refractivity contribution in [3.05, 3.63) is 93.9 Å². The third-order valence-corrected chi connectivity index (χ3v) is 6.24. The van der Waals surface area contributed by atoms with E-state index in [9.17, 15) is 9.59 Å².